The monoisotopic (exact) mass is 448 g/mol. The Kier molecular flexibility index (Phi) is 7.03. The standard InChI is InChI=1S/C20H18N6O2.C4H10O/c1-12-18(20(27)28)26(13(2)21-12)11-14-7-9-15(10-8-14)16-5-3-4-6-17(16)19-22-24-25-23-19;1-4(2,3)5/h3-10H,11H2,1-2H3,(H,27,28)(H,22,23,24,25);5H,1-3H3. The van der Waals surface area contributed by atoms with Crippen LogP contribution in [0.4, 0.5) is 0 Å². The highest BCUT2D eigenvalue weighted by Crippen LogP contribution is 2.30. The lowest BCUT2D eigenvalue weighted by molar-refractivity contribution is 0.0684. The Bertz CT molecular complexity index is 1220. The number of nitrogens with one attached hydrogen (secondary N) is 1. The first-order chi connectivity index (χ1) is 15.5. The number of aliphatic hydroxyl groups is 1. The summed E-state index contributed by atoms with van der Waals surface area (Å²) in [4.78, 5) is 15.8. The van der Waals surface area contributed by atoms with Crippen molar-refractivity contribution in [1.82, 2.24) is 30.2 Å². The van der Waals surface area contributed by atoms with Crippen LogP contribution in [0, 0.1) is 13.8 Å². The first-order valence-electron chi connectivity index (χ1n) is 10.5. The minimum absolute atomic E-state index is 0.226. The summed E-state index contributed by atoms with van der Waals surface area (Å²) < 4.78 is 1.72. The number of nitrogens with zero attached hydrogens (tertiary/aromatic N) is 5. The number of benzene rings is 2. The van der Waals surface area contributed by atoms with Crippen LogP contribution >= 0.6 is 0 Å². The fourth-order valence-corrected chi connectivity index (χ4v) is 3.35. The van der Waals surface area contributed by atoms with E-state index in [0.29, 0.717) is 23.9 Å². The molecule has 0 amide bonds. The Balaban J connectivity index is 0.000000555. The molecule has 0 fully saturated rings. The van der Waals surface area contributed by atoms with Gasteiger partial charge >= 0.3 is 5.97 Å². The summed E-state index contributed by atoms with van der Waals surface area (Å²) in [6.07, 6.45) is 0. The van der Waals surface area contributed by atoms with Gasteiger partial charge in [0.15, 0.2) is 5.69 Å². The molecule has 4 aromatic rings. The maximum atomic E-state index is 11.6. The maximum absolute atomic E-state index is 11.6. The lowest BCUT2D eigenvalue weighted by Crippen LogP contribution is -2.11. The minimum atomic E-state index is -0.969. The summed E-state index contributed by atoms with van der Waals surface area (Å²) in [7, 11) is 0. The summed E-state index contributed by atoms with van der Waals surface area (Å²) in [6, 6.07) is 15.8. The Morgan fingerprint density at radius 1 is 1.03 bits per heavy atom. The van der Waals surface area contributed by atoms with E-state index in [1.54, 1.807) is 32.3 Å². The molecule has 0 saturated heterocycles. The summed E-state index contributed by atoms with van der Waals surface area (Å²) in [6.45, 7) is 9.20. The second-order valence-corrected chi connectivity index (χ2v) is 8.63. The molecular weight excluding hydrogens is 420 g/mol. The van der Waals surface area contributed by atoms with Crippen molar-refractivity contribution in [2.75, 3.05) is 0 Å². The van der Waals surface area contributed by atoms with Gasteiger partial charge in [0, 0.05) is 12.1 Å². The molecular formula is C24H28N6O3. The number of carbonyl (C=O) groups is 1. The van der Waals surface area contributed by atoms with Crippen molar-refractivity contribution in [1.29, 1.82) is 0 Å². The Morgan fingerprint density at radius 3 is 2.18 bits per heavy atom. The molecule has 2 aromatic carbocycles. The van der Waals surface area contributed by atoms with Gasteiger partial charge in [-0.25, -0.2) is 9.78 Å². The van der Waals surface area contributed by atoms with Gasteiger partial charge in [-0.15, -0.1) is 10.2 Å². The number of rotatable bonds is 5. The van der Waals surface area contributed by atoms with Gasteiger partial charge in [-0.1, -0.05) is 48.5 Å². The minimum Gasteiger partial charge on any atom is -0.477 e. The molecule has 0 radical (unpaired) electrons. The van der Waals surface area contributed by atoms with Crippen molar-refractivity contribution < 1.29 is 15.0 Å². The molecule has 0 saturated carbocycles. The number of aromatic amines is 1. The Morgan fingerprint density at radius 2 is 1.64 bits per heavy atom. The lowest BCUT2D eigenvalue weighted by atomic mass is 9.98. The summed E-state index contributed by atoms with van der Waals surface area (Å²) in [5, 5.41) is 32.2. The van der Waals surface area contributed by atoms with E-state index in [0.717, 1.165) is 22.3 Å². The van der Waals surface area contributed by atoms with Gasteiger partial charge in [0.05, 0.1) is 11.3 Å². The van der Waals surface area contributed by atoms with Crippen LogP contribution < -0.4 is 0 Å². The van der Waals surface area contributed by atoms with E-state index < -0.39 is 11.6 Å². The average Bonchev–Trinajstić information content (AvgIpc) is 3.36. The summed E-state index contributed by atoms with van der Waals surface area (Å²) in [5.41, 5.74) is 4.14. The van der Waals surface area contributed by atoms with Crippen molar-refractivity contribution in [3.05, 3.63) is 71.3 Å². The van der Waals surface area contributed by atoms with Crippen molar-refractivity contribution in [3.8, 4) is 22.5 Å². The first kappa shape index (κ1) is 23.8. The van der Waals surface area contributed by atoms with Crippen molar-refractivity contribution in [2.24, 2.45) is 0 Å². The first-order valence-corrected chi connectivity index (χ1v) is 10.5. The highest BCUT2D eigenvalue weighted by atomic mass is 16.4. The third kappa shape index (κ3) is 6.11. The van der Waals surface area contributed by atoms with Gasteiger partial charge in [0.25, 0.3) is 0 Å². The van der Waals surface area contributed by atoms with Gasteiger partial charge in [0.1, 0.15) is 5.82 Å². The van der Waals surface area contributed by atoms with Crippen molar-refractivity contribution in [2.45, 2.75) is 46.8 Å². The second kappa shape index (κ2) is 9.74. The van der Waals surface area contributed by atoms with Crippen molar-refractivity contribution >= 4 is 5.97 Å². The summed E-state index contributed by atoms with van der Waals surface area (Å²) >= 11 is 0. The number of tetrazole rings is 1. The van der Waals surface area contributed by atoms with Gasteiger partial charge in [-0.2, -0.15) is 5.21 Å². The van der Waals surface area contributed by atoms with Gasteiger partial charge in [0.2, 0.25) is 5.82 Å². The van der Waals surface area contributed by atoms with E-state index in [-0.39, 0.29) is 5.69 Å². The zero-order chi connectivity index (χ0) is 24.2. The number of carboxylic acid groups (broad SMARTS) is 1. The fraction of sp³-hybridized carbons (Fsp3) is 0.292. The predicted octanol–water partition coefficient (Wildman–Crippen LogP) is 3.87. The number of hydrogen-bond acceptors (Lipinski definition) is 6. The van der Waals surface area contributed by atoms with E-state index in [4.69, 9.17) is 5.11 Å². The predicted molar refractivity (Wildman–Crippen MR) is 125 cm³/mol. The second-order valence-electron chi connectivity index (χ2n) is 8.63. The maximum Gasteiger partial charge on any atom is 0.354 e. The molecule has 0 aliphatic rings. The number of imidazole rings is 1. The Labute approximate surface area is 192 Å². The molecule has 0 spiro atoms. The van der Waals surface area contributed by atoms with E-state index >= 15 is 0 Å². The zero-order valence-electron chi connectivity index (χ0n) is 19.4. The molecule has 0 atom stereocenters. The molecule has 4 rings (SSSR count). The van der Waals surface area contributed by atoms with Crippen LogP contribution in [0.3, 0.4) is 0 Å². The third-order valence-electron chi connectivity index (χ3n) is 4.65. The third-order valence-corrected chi connectivity index (χ3v) is 4.65. The molecule has 172 valence electrons. The SMILES string of the molecule is CC(C)(C)O.Cc1nc(C)n(Cc2ccc(-c3ccccc3-c3nn[nH]n3)cc2)c1C(=O)O. The molecule has 9 heteroatoms. The average molecular weight is 449 g/mol. The number of H-pyrrole nitrogens is 1. The van der Waals surface area contributed by atoms with E-state index in [1.165, 1.54) is 0 Å². The molecule has 2 aromatic heterocycles. The molecule has 3 N–H and O–H groups in total. The molecule has 2 heterocycles. The molecule has 0 unspecified atom stereocenters. The van der Waals surface area contributed by atoms with E-state index in [1.807, 2.05) is 55.5 Å². The van der Waals surface area contributed by atoms with Crippen LogP contribution in [0.1, 0.15) is 48.3 Å². The van der Waals surface area contributed by atoms with Crippen LogP contribution in [0.5, 0.6) is 0 Å². The molecule has 0 aliphatic heterocycles. The number of carboxylic acids is 1. The number of aromatic carboxylic acids is 1. The van der Waals surface area contributed by atoms with E-state index in [2.05, 4.69) is 25.6 Å². The van der Waals surface area contributed by atoms with Gasteiger partial charge in [-0.05, 0) is 56.5 Å². The highest BCUT2D eigenvalue weighted by Gasteiger charge is 2.18. The normalized spacial score (nSPS) is 11.1. The van der Waals surface area contributed by atoms with Crippen LogP contribution in [0.15, 0.2) is 48.5 Å². The zero-order valence-corrected chi connectivity index (χ0v) is 19.4. The van der Waals surface area contributed by atoms with E-state index in [9.17, 15) is 9.90 Å². The number of hydrogen-bond donors (Lipinski definition) is 3. The largest absolute Gasteiger partial charge is 0.477 e. The van der Waals surface area contributed by atoms with Crippen LogP contribution in [-0.4, -0.2) is 52.0 Å². The Hall–Kier alpha value is -3.85. The van der Waals surface area contributed by atoms with Crippen molar-refractivity contribution in [3.63, 3.8) is 0 Å². The smallest absolute Gasteiger partial charge is 0.354 e. The van der Waals surface area contributed by atoms with Crippen LogP contribution in [-0.2, 0) is 6.54 Å². The van der Waals surface area contributed by atoms with Gasteiger partial charge < -0.3 is 14.8 Å². The number of aromatic nitrogens is 6. The van der Waals surface area contributed by atoms with Crippen LogP contribution in [0.2, 0.25) is 0 Å². The van der Waals surface area contributed by atoms with Crippen LogP contribution in [0.25, 0.3) is 22.5 Å². The number of aryl methyl sites for hydroxylation is 2. The molecule has 0 aliphatic carbocycles. The molecule has 33 heavy (non-hydrogen) atoms. The summed E-state index contributed by atoms with van der Waals surface area (Å²) in [5.74, 6) is 0.250. The van der Waals surface area contributed by atoms with Gasteiger partial charge in [-0.3, -0.25) is 0 Å². The highest BCUT2D eigenvalue weighted by molar-refractivity contribution is 5.87. The quantitative estimate of drug-likeness (QED) is 0.422. The molecule has 0 bridgehead atoms. The topological polar surface area (TPSA) is 130 Å². The lowest BCUT2D eigenvalue weighted by Gasteiger charge is -2.10. The fourth-order valence-electron chi connectivity index (χ4n) is 3.35. The molecule has 9 nitrogen and oxygen atoms in total.